The lowest BCUT2D eigenvalue weighted by Gasteiger charge is -2.08. The fourth-order valence-electron chi connectivity index (χ4n) is 2.19. The van der Waals surface area contributed by atoms with Crippen molar-refractivity contribution in [3.8, 4) is 5.75 Å². The Morgan fingerprint density at radius 3 is 2.90 bits per heavy atom. The fraction of sp³-hybridized carbons (Fsp3) is 0.471. The van der Waals surface area contributed by atoms with Crippen LogP contribution in [0.25, 0.3) is 0 Å². The van der Waals surface area contributed by atoms with E-state index >= 15 is 0 Å². The predicted molar refractivity (Wildman–Crippen MR) is 83.2 cm³/mol. The predicted octanol–water partition coefficient (Wildman–Crippen LogP) is 3.30. The minimum atomic E-state index is 0.385. The van der Waals surface area contributed by atoms with Crippen LogP contribution in [0.2, 0.25) is 0 Å². The Bertz CT molecular complexity index is 587. The lowest BCUT2D eigenvalue weighted by Crippen LogP contribution is -2.15. The average molecular weight is 285 g/mol. The summed E-state index contributed by atoms with van der Waals surface area (Å²) in [7, 11) is 0. The van der Waals surface area contributed by atoms with Gasteiger partial charge in [-0.1, -0.05) is 12.1 Å². The van der Waals surface area contributed by atoms with Gasteiger partial charge in [0.2, 0.25) is 0 Å². The molecule has 112 valence electrons. The van der Waals surface area contributed by atoms with Crippen molar-refractivity contribution in [2.24, 2.45) is 0 Å². The zero-order chi connectivity index (χ0) is 14.7. The summed E-state index contributed by atoms with van der Waals surface area (Å²) in [4.78, 5) is 0. The molecule has 21 heavy (non-hydrogen) atoms. The van der Waals surface area contributed by atoms with E-state index in [1.54, 1.807) is 0 Å². The van der Waals surface area contributed by atoms with Gasteiger partial charge in [0.25, 0.3) is 0 Å². The van der Waals surface area contributed by atoms with Gasteiger partial charge in [-0.3, -0.25) is 4.68 Å². The van der Waals surface area contributed by atoms with Gasteiger partial charge in [-0.05, 0) is 50.5 Å². The quantitative estimate of drug-likeness (QED) is 0.848. The van der Waals surface area contributed by atoms with Crippen molar-refractivity contribution >= 4 is 0 Å². The van der Waals surface area contributed by atoms with Crippen molar-refractivity contribution in [1.29, 1.82) is 0 Å². The highest BCUT2D eigenvalue weighted by Crippen LogP contribution is 2.20. The Morgan fingerprint density at radius 1 is 1.33 bits per heavy atom. The fourth-order valence-corrected chi connectivity index (χ4v) is 2.19. The third-order valence-electron chi connectivity index (χ3n) is 3.65. The molecule has 1 aromatic carbocycles. The van der Waals surface area contributed by atoms with Crippen LogP contribution in [0.3, 0.4) is 0 Å². The van der Waals surface area contributed by atoms with E-state index in [2.05, 4.69) is 36.4 Å². The first-order valence-corrected chi connectivity index (χ1v) is 7.70. The molecule has 0 saturated heterocycles. The molecule has 2 aromatic rings. The number of nitrogens with zero attached hydrogens (tertiary/aromatic N) is 2. The standard InChI is InChI=1S/C17H23N3O/c1-13(2)20-9-8-16(19-20)12-21-17-5-3-4-14(10-17)11-18-15-6-7-15/h3-5,8-10,13,15,18H,6-7,11-12H2,1-2H3. The van der Waals surface area contributed by atoms with Crippen LogP contribution in [-0.2, 0) is 13.2 Å². The SMILES string of the molecule is CC(C)n1ccc(COc2cccc(CNC3CC3)c2)n1. The molecule has 1 N–H and O–H groups in total. The molecule has 0 atom stereocenters. The first-order chi connectivity index (χ1) is 10.2. The first kappa shape index (κ1) is 14.1. The van der Waals surface area contributed by atoms with E-state index in [1.165, 1.54) is 18.4 Å². The molecular formula is C17H23N3O. The third-order valence-corrected chi connectivity index (χ3v) is 3.65. The Balaban J connectivity index is 1.54. The molecule has 4 nitrogen and oxygen atoms in total. The third kappa shape index (κ3) is 4.08. The van der Waals surface area contributed by atoms with E-state index in [0.29, 0.717) is 12.6 Å². The van der Waals surface area contributed by atoms with Crippen molar-refractivity contribution < 1.29 is 4.74 Å². The molecule has 1 fully saturated rings. The second-order valence-corrected chi connectivity index (χ2v) is 5.97. The topological polar surface area (TPSA) is 39.1 Å². The van der Waals surface area contributed by atoms with Crippen LogP contribution in [0, 0.1) is 0 Å². The van der Waals surface area contributed by atoms with Crippen molar-refractivity contribution in [3.63, 3.8) is 0 Å². The van der Waals surface area contributed by atoms with E-state index in [1.807, 2.05) is 29.1 Å². The van der Waals surface area contributed by atoms with E-state index in [-0.39, 0.29) is 0 Å². The Labute approximate surface area is 126 Å². The molecule has 1 aliphatic rings. The van der Waals surface area contributed by atoms with E-state index in [4.69, 9.17) is 4.74 Å². The van der Waals surface area contributed by atoms with Crippen LogP contribution in [0.1, 0.15) is 44.0 Å². The smallest absolute Gasteiger partial charge is 0.132 e. The summed E-state index contributed by atoms with van der Waals surface area (Å²) in [5.74, 6) is 0.907. The average Bonchev–Trinajstić information content (AvgIpc) is 3.19. The zero-order valence-corrected chi connectivity index (χ0v) is 12.7. The number of ether oxygens (including phenoxy) is 1. The number of nitrogens with one attached hydrogen (secondary N) is 1. The molecule has 0 bridgehead atoms. The second-order valence-electron chi connectivity index (χ2n) is 5.97. The highest BCUT2D eigenvalue weighted by atomic mass is 16.5. The van der Waals surface area contributed by atoms with Crippen LogP contribution >= 0.6 is 0 Å². The van der Waals surface area contributed by atoms with E-state index < -0.39 is 0 Å². The lowest BCUT2D eigenvalue weighted by molar-refractivity contribution is 0.298. The largest absolute Gasteiger partial charge is 0.487 e. The lowest BCUT2D eigenvalue weighted by atomic mass is 10.2. The molecule has 0 amide bonds. The zero-order valence-electron chi connectivity index (χ0n) is 12.7. The van der Waals surface area contributed by atoms with E-state index in [0.717, 1.165) is 24.0 Å². The Kier molecular flexibility index (Phi) is 4.25. The number of hydrogen-bond donors (Lipinski definition) is 1. The first-order valence-electron chi connectivity index (χ1n) is 7.70. The molecule has 0 spiro atoms. The Hall–Kier alpha value is -1.81. The summed E-state index contributed by atoms with van der Waals surface area (Å²) in [6.45, 7) is 5.67. The minimum absolute atomic E-state index is 0.385. The summed E-state index contributed by atoms with van der Waals surface area (Å²) in [5.41, 5.74) is 2.23. The molecule has 1 aliphatic carbocycles. The van der Waals surface area contributed by atoms with Gasteiger partial charge in [-0.25, -0.2) is 0 Å². The van der Waals surface area contributed by atoms with Crippen LogP contribution in [-0.4, -0.2) is 15.8 Å². The van der Waals surface area contributed by atoms with Gasteiger partial charge in [0.05, 0.1) is 5.69 Å². The summed E-state index contributed by atoms with van der Waals surface area (Å²) in [6, 6.07) is 11.4. The molecule has 4 heteroatoms. The highest BCUT2D eigenvalue weighted by Gasteiger charge is 2.19. The molecule has 1 saturated carbocycles. The molecule has 0 aliphatic heterocycles. The van der Waals surface area contributed by atoms with Gasteiger partial charge in [0.1, 0.15) is 12.4 Å². The summed E-state index contributed by atoms with van der Waals surface area (Å²) < 4.78 is 7.80. The molecular weight excluding hydrogens is 262 g/mol. The van der Waals surface area contributed by atoms with E-state index in [9.17, 15) is 0 Å². The number of aromatic nitrogens is 2. The van der Waals surface area contributed by atoms with Crippen molar-refractivity contribution in [2.45, 2.75) is 51.9 Å². The van der Waals surface area contributed by atoms with Gasteiger partial charge in [0.15, 0.2) is 0 Å². The van der Waals surface area contributed by atoms with Crippen molar-refractivity contribution in [3.05, 3.63) is 47.8 Å². The maximum atomic E-state index is 5.84. The molecule has 3 rings (SSSR count). The summed E-state index contributed by atoms with van der Waals surface area (Å²) in [5, 5.41) is 8.01. The van der Waals surface area contributed by atoms with Gasteiger partial charge in [-0.2, -0.15) is 5.10 Å². The van der Waals surface area contributed by atoms with Crippen LogP contribution < -0.4 is 10.1 Å². The summed E-state index contributed by atoms with van der Waals surface area (Å²) >= 11 is 0. The summed E-state index contributed by atoms with van der Waals surface area (Å²) in [6.07, 6.45) is 4.63. The maximum absolute atomic E-state index is 5.84. The molecule has 1 aromatic heterocycles. The highest BCUT2D eigenvalue weighted by molar-refractivity contribution is 5.28. The van der Waals surface area contributed by atoms with Gasteiger partial charge in [0, 0.05) is 24.8 Å². The van der Waals surface area contributed by atoms with Gasteiger partial charge >= 0.3 is 0 Å². The molecule has 0 radical (unpaired) electrons. The van der Waals surface area contributed by atoms with Crippen molar-refractivity contribution in [1.82, 2.24) is 15.1 Å². The second kappa shape index (κ2) is 6.31. The monoisotopic (exact) mass is 285 g/mol. The number of benzene rings is 1. The minimum Gasteiger partial charge on any atom is -0.487 e. The Morgan fingerprint density at radius 2 is 2.19 bits per heavy atom. The molecule has 0 unspecified atom stereocenters. The van der Waals surface area contributed by atoms with Crippen LogP contribution in [0.15, 0.2) is 36.5 Å². The number of rotatable bonds is 7. The number of hydrogen-bond acceptors (Lipinski definition) is 3. The maximum Gasteiger partial charge on any atom is 0.132 e. The van der Waals surface area contributed by atoms with Crippen LogP contribution in [0.4, 0.5) is 0 Å². The normalized spacial score (nSPS) is 14.6. The van der Waals surface area contributed by atoms with Gasteiger partial charge < -0.3 is 10.1 Å². The van der Waals surface area contributed by atoms with Crippen molar-refractivity contribution in [2.75, 3.05) is 0 Å². The van der Waals surface area contributed by atoms with Crippen LogP contribution in [0.5, 0.6) is 5.75 Å². The van der Waals surface area contributed by atoms with Gasteiger partial charge in [-0.15, -0.1) is 0 Å². The molecule has 1 heterocycles.